The number of hydrogen-bond acceptors (Lipinski definition) is 3. The van der Waals surface area contributed by atoms with Gasteiger partial charge < -0.3 is 18.3 Å². The van der Waals surface area contributed by atoms with E-state index in [2.05, 4.69) is 240 Å². The summed E-state index contributed by atoms with van der Waals surface area (Å²) in [6.07, 6.45) is 0. The van der Waals surface area contributed by atoms with Crippen molar-refractivity contribution < 1.29 is 8.83 Å². The monoisotopic (exact) mass is 868 g/mol. The molecule has 0 atom stereocenters. The molecule has 0 amide bonds. The molecule has 0 aliphatic carbocycles. The number of nitrogens with zero attached hydrogens (tertiary/aromatic N) is 2. The minimum Gasteiger partial charge on any atom is -0.456 e. The molecule has 0 spiro atoms. The zero-order valence-corrected chi connectivity index (χ0v) is 36.8. The highest BCUT2D eigenvalue weighted by Gasteiger charge is 2.24. The van der Waals surface area contributed by atoms with Crippen LogP contribution in [0.1, 0.15) is 0 Å². The third kappa shape index (κ3) is 6.01. The van der Waals surface area contributed by atoms with Crippen molar-refractivity contribution in [2.75, 3.05) is 4.90 Å². The first-order chi connectivity index (χ1) is 33.7. The third-order valence-electron chi connectivity index (χ3n) is 13.8. The number of fused-ring (bicyclic) bond motifs is 10. The highest BCUT2D eigenvalue weighted by Crippen LogP contribution is 2.48. The lowest BCUT2D eigenvalue weighted by Crippen LogP contribution is -2.11. The summed E-state index contributed by atoms with van der Waals surface area (Å²) in [5.41, 5.74) is 16.6. The number of anilines is 3. The molecule has 68 heavy (non-hydrogen) atoms. The van der Waals surface area contributed by atoms with Gasteiger partial charge in [-0.15, -0.1) is 0 Å². The predicted molar refractivity (Wildman–Crippen MR) is 284 cm³/mol. The standard InChI is InChI=1S/C64H40N2O2/c1-2-15-44-38-45(29-28-41(44)14-1)42-30-34-46(35-31-42)65(57-22-8-5-18-51(57)53-21-13-27-62-63(53)54-20-7-12-26-61(54)67-62)48-39-55(64-56(40-48)52-19-6-11-25-60(52)68-64)43-32-36-47(37-33-43)66-58-23-9-3-16-49(58)50-17-4-10-24-59(50)66/h1-40H. The quantitative estimate of drug-likeness (QED) is 0.160. The second-order valence-electron chi connectivity index (χ2n) is 17.6. The summed E-state index contributed by atoms with van der Waals surface area (Å²) in [5, 5.41) is 9.26. The van der Waals surface area contributed by atoms with Crippen LogP contribution >= 0.6 is 0 Å². The predicted octanol–water partition coefficient (Wildman–Crippen LogP) is 18.2. The lowest BCUT2D eigenvalue weighted by atomic mass is 9.96. The molecule has 0 aliphatic rings. The average molecular weight is 869 g/mol. The van der Waals surface area contributed by atoms with Crippen LogP contribution in [-0.2, 0) is 0 Å². The fourth-order valence-corrected chi connectivity index (χ4v) is 10.6. The Kier molecular flexibility index (Phi) is 8.55. The Balaban J connectivity index is 0.988. The summed E-state index contributed by atoms with van der Waals surface area (Å²) >= 11 is 0. The van der Waals surface area contributed by atoms with Gasteiger partial charge in [-0.05, 0) is 112 Å². The van der Waals surface area contributed by atoms with Crippen LogP contribution in [0.4, 0.5) is 17.1 Å². The van der Waals surface area contributed by atoms with Gasteiger partial charge in [0.2, 0.25) is 0 Å². The van der Waals surface area contributed by atoms with E-state index in [0.29, 0.717) is 0 Å². The van der Waals surface area contributed by atoms with E-state index < -0.39 is 0 Å². The Bertz CT molecular complexity index is 4210. The van der Waals surface area contributed by atoms with Crippen LogP contribution in [0, 0.1) is 0 Å². The highest BCUT2D eigenvalue weighted by molar-refractivity contribution is 6.15. The van der Waals surface area contributed by atoms with Gasteiger partial charge in [-0.3, -0.25) is 0 Å². The fraction of sp³-hybridized carbons (Fsp3) is 0. The average Bonchev–Trinajstić information content (AvgIpc) is 4.09. The molecule has 0 bridgehead atoms. The van der Waals surface area contributed by atoms with Gasteiger partial charge in [0.1, 0.15) is 22.3 Å². The van der Waals surface area contributed by atoms with Gasteiger partial charge in [-0.2, -0.15) is 0 Å². The summed E-state index contributed by atoms with van der Waals surface area (Å²) in [7, 11) is 0. The van der Waals surface area contributed by atoms with Crippen molar-refractivity contribution in [3.8, 4) is 39.1 Å². The van der Waals surface area contributed by atoms with Crippen molar-refractivity contribution >= 4 is 93.5 Å². The molecule has 14 rings (SSSR count). The van der Waals surface area contributed by atoms with E-state index >= 15 is 0 Å². The lowest BCUT2D eigenvalue weighted by molar-refractivity contribution is 0.669. The molecule has 0 radical (unpaired) electrons. The smallest absolute Gasteiger partial charge is 0.143 e. The number of aromatic nitrogens is 1. The van der Waals surface area contributed by atoms with E-state index in [-0.39, 0.29) is 0 Å². The fourth-order valence-electron chi connectivity index (χ4n) is 10.6. The number of benzene rings is 11. The van der Waals surface area contributed by atoms with E-state index in [1.54, 1.807) is 0 Å². The maximum absolute atomic E-state index is 6.84. The second-order valence-corrected chi connectivity index (χ2v) is 17.6. The van der Waals surface area contributed by atoms with Gasteiger partial charge in [-0.25, -0.2) is 0 Å². The van der Waals surface area contributed by atoms with Gasteiger partial charge >= 0.3 is 0 Å². The SMILES string of the molecule is c1ccc(N(c2ccc(-c3ccc4ccccc4c3)cc2)c2cc(-c3ccc(-n4c5ccccc5c5ccccc54)cc3)c3oc4ccccc4c3c2)c(-c2cccc3oc4ccccc4c23)c1. The van der Waals surface area contributed by atoms with E-state index in [0.717, 1.165) is 94.4 Å². The van der Waals surface area contributed by atoms with Gasteiger partial charge in [0, 0.05) is 60.5 Å². The maximum atomic E-state index is 6.84. The zero-order chi connectivity index (χ0) is 44.7. The largest absolute Gasteiger partial charge is 0.456 e. The number of furan rings is 2. The number of para-hydroxylation sites is 5. The van der Waals surface area contributed by atoms with Crippen LogP contribution in [0.2, 0.25) is 0 Å². The molecule has 3 heterocycles. The van der Waals surface area contributed by atoms with E-state index in [1.807, 2.05) is 12.1 Å². The van der Waals surface area contributed by atoms with Crippen molar-refractivity contribution in [3.63, 3.8) is 0 Å². The van der Waals surface area contributed by atoms with Gasteiger partial charge in [0.25, 0.3) is 0 Å². The zero-order valence-electron chi connectivity index (χ0n) is 36.8. The Morgan fingerprint density at radius 2 is 0.912 bits per heavy atom. The first kappa shape index (κ1) is 38.2. The molecule has 0 fully saturated rings. The summed E-state index contributed by atoms with van der Waals surface area (Å²) in [5.74, 6) is 0. The molecule has 4 heteroatoms. The van der Waals surface area contributed by atoms with Crippen molar-refractivity contribution in [1.82, 2.24) is 4.57 Å². The molecule has 14 aromatic rings. The first-order valence-electron chi connectivity index (χ1n) is 23.2. The molecule has 3 aromatic heterocycles. The highest BCUT2D eigenvalue weighted by atomic mass is 16.3. The molecular formula is C64H40N2O2. The molecular weight excluding hydrogens is 829 g/mol. The van der Waals surface area contributed by atoms with Crippen LogP contribution in [0.25, 0.3) is 116 Å². The number of hydrogen-bond donors (Lipinski definition) is 0. The van der Waals surface area contributed by atoms with Crippen LogP contribution < -0.4 is 4.90 Å². The maximum Gasteiger partial charge on any atom is 0.143 e. The Morgan fingerprint density at radius 1 is 0.324 bits per heavy atom. The molecule has 0 unspecified atom stereocenters. The third-order valence-corrected chi connectivity index (χ3v) is 13.8. The van der Waals surface area contributed by atoms with Gasteiger partial charge in [0.05, 0.1) is 16.7 Å². The minimum atomic E-state index is 0.855. The lowest BCUT2D eigenvalue weighted by Gasteiger charge is -2.29. The van der Waals surface area contributed by atoms with Crippen molar-refractivity contribution in [3.05, 3.63) is 243 Å². The second kappa shape index (κ2) is 15.2. The van der Waals surface area contributed by atoms with Crippen LogP contribution in [0.5, 0.6) is 0 Å². The van der Waals surface area contributed by atoms with Crippen LogP contribution in [0.3, 0.4) is 0 Å². The summed E-state index contributed by atoms with van der Waals surface area (Å²) in [6.45, 7) is 0. The Hall–Kier alpha value is -9.12. The Morgan fingerprint density at radius 3 is 1.69 bits per heavy atom. The molecule has 4 nitrogen and oxygen atoms in total. The molecule has 0 N–H and O–H groups in total. The van der Waals surface area contributed by atoms with E-state index in [1.165, 1.54) is 38.1 Å². The van der Waals surface area contributed by atoms with E-state index in [9.17, 15) is 0 Å². The molecule has 0 saturated carbocycles. The van der Waals surface area contributed by atoms with Crippen LogP contribution in [-0.4, -0.2) is 4.57 Å². The molecule has 0 aliphatic heterocycles. The summed E-state index contributed by atoms with van der Waals surface area (Å²) in [4.78, 5) is 2.41. The van der Waals surface area contributed by atoms with Gasteiger partial charge in [-0.1, -0.05) is 164 Å². The molecule has 318 valence electrons. The topological polar surface area (TPSA) is 34.5 Å². The molecule has 0 saturated heterocycles. The van der Waals surface area contributed by atoms with Crippen molar-refractivity contribution in [2.45, 2.75) is 0 Å². The minimum absolute atomic E-state index is 0.855. The normalized spacial score (nSPS) is 11.8. The summed E-state index contributed by atoms with van der Waals surface area (Å²) < 4.78 is 15.7. The van der Waals surface area contributed by atoms with Crippen LogP contribution in [0.15, 0.2) is 251 Å². The number of rotatable bonds is 7. The first-order valence-corrected chi connectivity index (χ1v) is 23.2. The Labute approximate surface area is 391 Å². The van der Waals surface area contributed by atoms with Crippen molar-refractivity contribution in [1.29, 1.82) is 0 Å². The molecule has 11 aromatic carbocycles. The van der Waals surface area contributed by atoms with E-state index in [4.69, 9.17) is 8.83 Å². The summed E-state index contributed by atoms with van der Waals surface area (Å²) in [6, 6.07) is 87.0. The van der Waals surface area contributed by atoms with Crippen molar-refractivity contribution in [2.24, 2.45) is 0 Å². The van der Waals surface area contributed by atoms with Gasteiger partial charge in [0.15, 0.2) is 0 Å².